The van der Waals surface area contributed by atoms with E-state index >= 15 is 0 Å². The van der Waals surface area contributed by atoms with Gasteiger partial charge in [0, 0.05) is 18.1 Å². The Morgan fingerprint density at radius 3 is 2.47 bits per heavy atom. The molecule has 1 heterocycles. The molecule has 0 aliphatic carbocycles. The Bertz CT molecular complexity index is 503. The van der Waals surface area contributed by atoms with E-state index < -0.39 is 11.6 Å². The highest BCUT2D eigenvalue weighted by molar-refractivity contribution is 6.30. The molecule has 1 atom stereocenters. The average molecular weight is 282 g/mol. The van der Waals surface area contributed by atoms with Crippen LogP contribution in [-0.4, -0.2) is 29.9 Å². The Morgan fingerprint density at radius 1 is 1.32 bits per heavy atom. The van der Waals surface area contributed by atoms with Crippen molar-refractivity contribution >= 4 is 23.5 Å². The molecule has 1 unspecified atom stereocenters. The summed E-state index contributed by atoms with van der Waals surface area (Å²) in [7, 11) is 0. The summed E-state index contributed by atoms with van der Waals surface area (Å²) in [4.78, 5) is 25.6. The number of carbonyl (C=O) groups is 2. The zero-order valence-corrected chi connectivity index (χ0v) is 11.4. The van der Waals surface area contributed by atoms with Crippen molar-refractivity contribution in [2.75, 3.05) is 13.1 Å². The first-order valence-electron chi connectivity index (χ1n) is 6.15. The minimum Gasteiger partial charge on any atom is -0.329 e. The minimum absolute atomic E-state index is 0.222. The topological polar surface area (TPSA) is 75.4 Å². The van der Waals surface area contributed by atoms with E-state index in [2.05, 4.69) is 5.32 Å². The van der Waals surface area contributed by atoms with Gasteiger partial charge in [-0.3, -0.25) is 9.69 Å². The van der Waals surface area contributed by atoms with Crippen molar-refractivity contribution in [3.8, 4) is 0 Å². The van der Waals surface area contributed by atoms with Crippen molar-refractivity contribution < 1.29 is 9.59 Å². The van der Waals surface area contributed by atoms with Crippen LogP contribution in [-0.2, 0) is 10.3 Å². The number of hydrogen-bond acceptors (Lipinski definition) is 3. The fourth-order valence-electron chi connectivity index (χ4n) is 2.33. The van der Waals surface area contributed by atoms with E-state index in [0.717, 1.165) is 10.5 Å². The summed E-state index contributed by atoms with van der Waals surface area (Å²) in [6.45, 7) is 2.33. The SMILES string of the molecule is CCC1(c2ccc(Cl)cc2)NC(=O)N(CCN)C1=O. The van der Waals surface area contributed by atoms with Crippen LogP contribution in [0.15, 0.2) is 24.3 Å². The van der Waals surface area contributed by atoms with Gasteiger partial charge in [-0.1, -0.05) is 30.7 Å². The Kier molecular flexibility index (Phi) is 3.78. The fraction of sp³-hybridized carbons (Fsp3) is 0.385. The molecule has 6 heteroatoms. The Hall–Kier alpha value is -1.59. The molecule has 2 rings (SSSR count). The van der Waals surface area contributed by atoms with Crippen LogP contribution in [0.5, 0.6) is 0 Å². The number of benzene rings is 1. The number of rotatable bonds is 4. The predicted octanol–water partition coefficient (Wildman–Crippen LogP) is 1.46. The van der Waals surface area contributed by atoms with E-state index in [-0.39, 0.29) is 19.0 Å². The molecule has 1 aromatic rings. The van der Waals surface area contributed by atoms with Gasteiger partial charge in [-0.15, -0.1) is 0 Å². The van der Waals surface area contributed by atoms with Gasteiger partial charge in [0.25, 0.3) is 5.91 Å². The van der Waals surface area contributed by atoms with Crippen LogP contribution in [0.25, 0.3) is 0 Å². The number of carbonyl (C=O) groups excluding carboxylic acids is 2. The van der Waals surface area contributed by atoms with Crippen LogP contribution in [0, 0.1) is 0 Å². The van der Waals surface area contributed by atoms with Crippen molar-refractivity contribution in [1.82, 2.24) is 10.2 Å². The second-order valence-corrected chi connectivity index (χ2v) is 4.88. The van der Waals surface area contributed by atoms with Crippen molar-refractivity contribution in [3.63, 3.8) is 0 Å². The molecule has 0 aromatic heterocycles. The third-order valence-corrected chi connectivity index (χ3v) is 3.65. The summed E-state index contributed by atoms with van der Waals surface area (Å²) in [6, 6.07) is 6.54. The highest BCUT2D eigenvalue weighted by Gasteiger charge is 2.50. The largest absolute Gasteiger partial charge is 0.329 e. The van der Waals surface area contributed by atoms with Crippen LogP contribution in [0.1, 0.15) is 18.9 Å². The van der Waals surface area contributed by atoms with Crippen molar-refractivity contribution in [3.05, 3.63) is 34.9 Å². The Labute approximate surface area is 116 Å². The first-order chi connectivity index (χ1) is 9.05. The van der Waals surface area contributed by atoms with Crippen LogP contribution >= 0.6 is 11.6 Å². The van der Waals surface area contributed by atoms with Gasteiger partial charge in [0.1, 0.15) is 5.54 Å². The maximum atomic E-state index is 12.5. The molecule has 0 saturated carbocycles. The van der Waals surface area contributed by atoms with Crippen molar-refractivity contribution in [2.24, 2.45) is 5.73 Å². The molecule has 3 amide bonds. The van der Waals surface area contributed by atoms with E-state index in [1.807, 2.05) is 6.92 Å². The van der Waals surface area contributed by atoms with Crippen LogP contribution < -0.4 is 11.1 Å². The maximum absolute atomic E-state index is 12.5. The highest BCUT2D eigenvalue weighted by Crippen LogP contribution is 2.32. The number of imide groups is 1. The zero-order chi connectivity index (χ0) is 14.0. The van der Waals surface area contributed by atoms with E-state index in [4.69, 9.17) is 17.3 Å². The van der Waals surface area contributed by atoms with Crippen LogP contribution in [0.4, 0.5) is 4.79 Å². The van der Waals surface area contributed by atoms with E-state index in [9.17, 15) is 9.59 Å². The van der Waals surface area contributed by atoms with Gasteiger partial charge in [-0.05, 0) is 24.1 Å². The quantitative estimate of drug-likeness (QED) is 0.821. The summed E-state index contributed by atoms with van der Waals surface area (Å²) in [5, 5.41) is 3.36. The second kappa shape index (κ2) is 5.19. The number of nitrogens with one attached hydrogen (secondary N) is 1. The molecule has 19 heavy (non-hydrogen) atoms. The van der Waals surface area contributed by atoms with Gasteiger partial charge in [0.15, 0.2) is 0 Å². The molecule has 0 bridgehead atoms. The lowest BCUT2D eigenvalue weighted by Crippen LogP contribution is -2.43. The first-order valence-corrected chi connectivity index (χ1v) is 6.53. The molecular formula is C13H16ClN3O2. The van der Waals surface area contributed by atoms with Gasteiger partial charge >= 0.3 is 6.03 Å². The van der Waals surface area contributed by atoms with Crippen molar-refractivity contribution in [1.29, 1.82) is 0 Å². The third kappa shape index (κ3) is 2.19. The lowest BCUT2D eigenvalue weighted by molar-refractivity contribution is -0.131. The zero-order valence-electron chi connectivity index (χ0n) is 10.6. The van der Waals surface area contributed by atoms with E-state index in [1.165, 1.54) is 0 Å². The first kappa shape index (κ1) is 13.8. The van der Waals surface area contributed by atoms with Gasteiger partial charge < -0.3 is 11.1 Å². The second-order valence-electron chi connectivity index (χ2n) is 4.44. The lowest BCUT2D eigenvalue weighted by Gasteiger charge is -2.25. The average Bonchev–Trinajstić information content (AvgIpc) is 2.65. The molecular weight excluding hydrogens is 266 g/mol. The minimum atomic E-state index is -1.00. The van der Waals surface area contributed by atoms with E-state index in [1.54, 1.807) is 24.3 Å². The summed E-state index contributed by atoms with van der Waals surface area (Å²) >= 11 is 5.85. The van der Waals surface area contributed by atoms with Gasteiger partial charge in [-0.2, -0.15) is 0 Å². The van der Waals surface area contributed by atoms with Gasteiger partial charge in [-0.25, -0.2) is 4.79 Å². The number of hydrogen-bond donors (Lipinski definition) is 2. The van der Waals surface area contributed by atoms with Gasteiger partial charge in [0.05, 0.1) is 0 Å². The molecule has 1 aromatic carbocycles. The number of amides is 3. The summed E-state index contributed by atoms with van der Waals surface area (Å²) in [5.41, 5.74) is 5.16. The molecule has 0 spiro atoms. The predicted molar refractivity (Wildman–Crippen MR) is 72.7 cm³/mol. The number of nitrogens with zero attached hydrogens (tertiary/aromatic N) is 1. The summed E-state index contributed by atoms with van der Waals surface area (Å²) < 4.78 is 0. The van der Waals surface area contributed by atoms with Gasteiger partial charge in [0.2, 0.25) is 0 Å². The third-order valence-electron chi connectivity index (χ3n) is 3.40. The standard InChI is InChI=1S/C13H16ClN3O2/c1-2-13(9-3-5-10(14)6-4-9)11(18)17(8-7-15)12(19)16-13/h3-6H,2,7-8,15H2,1H3,(H,16,19). The molecule has 102 valence electrons. The normalized spacial score (nSPS) is 22.8. The fourth-order valence-corrected chi connectivity index (χ4v) is 2.46. The highest BCUT2D eigenvalue weighted by atomic mass is 35.5. The number of urea groups is 1. The molecule has 0 radical (unpaired) electrons. The molecule has 3 N–H and O–H groups in total. The van der Waals surface area contributed by atoms with Crippen LogP contribution in [0.2, 0.25) is 5.02 Å². The summed E-state index contributed by atoms with van der Waals surface area (Å²) in [5.74, 6) is -0.257. The van der Waals surface area contributed by atoms with Crippen LogP contribution in [0.3, 0.4) is 0 Å². The molecule has 1 aliphatic heterocycles. The van der Waals surface area contributed by atoms with Crippen molar-refractivity contribution in [2.45, 2.75) is 18.9 Å². The molecule has 1 saturated heterocycles. The molecule has 1 aliphatic rings. The summed E-state index contributed by atoms with van der Waals surface area (Å²) in [6.07, 6.45) is 0.472. The monoisotopic (exact) mass is 281 g/mol. The maximum Gasteiger partial charge on any atom is 0.325 e. The smallest absolute Gasteiger partial charge is 0.325 e. The molecule has 1 fully saturated rings. The molecule has 5 nitrogen and oxygen atoms in total. The number of nitrogens with two attached hydrogens (primary N) is 1. The van der Waals surface area contributed by atoms with E-state index in [0.29, 0.717) is 11.4 Å². The Morgan fingerprint density at radius 2 is 1.95 bits per heavy atom. The Balaban J connectivity index is 2.41. The lowest BCUT2D eigenvalue weighted by atomic mass is 9.87. The number of halogens is 1.